The highest BCUT2D eigenvalue weighted by Gasteiger charge is 2.19. The van der Waals surface area contributed by atoms with Crippen LogP contribution < -0.4 is 5.56 Å². The summed E-state index contributed by atoms with van der Waals surface area (Å²) in [6.45, 7) is 1.70. The molecular formula is C18H13N3O3S. The van der Waals surface area contributed by atoms with Crippen LogP contribution in [0.4, 0.5) is 0 Å². The minimum atomic E-state index is -0.477. The van der Waals surface area contributed by atoms with Crippen molar-refractivity contribution in [3.63, 3.8) is 0 Å². The number of benzene rings is 1. The van der Waals surface area contributed by atoms with Gasteiger partial charge in [-0.1, -0.05) is 18.2 Å². The summed E-state index contributed by atoms with van der Waals surface area (Å²) < 4.78 is 4.74. The molecule has 0 radical (unpaired) electrons. The fourth-order valence-electron chi connectivity index (χ4n) is 2.37. The minimum Gasteiger partial charge on any atom is -0.465 e. The number of aromatic amines is 1. The highest BCUT2D eigenvalue weighted by atomic mass is 32.1. The van der Waals surface area contributed by atoms with Crippen molar-refractivity contribution in [3.05, 3.63) is 62.0 Å². The quantitative estimate of drug-likeness (QED) is 0.731. The number of methoxy groups -OCH3 is 1. The van der Waals surface area contributed by atoms with Crippen molar-refractivity contribution in [2.75, 3.05) is 7.11 Å². The number of hydrogen-bond donors (Lipinski definition) is 1. The summed E-state index contributed by atoms with van der Waals surface area (Å²) in [7, 11) is 1.30. The Bertz CT molecular complexity index is 1090. The molecule has 0 saturated heterocycles. The number of aryl methyl sites for hydroxylation is 1. The Morgan fingerprint density at radius 3 is 2.68 bits per heavy atom. The number of nitrogens with one attached hydrogen (secondary N) is 1. The predicted molar refractivity (Wildman–Crippen MR) is 96.4 cm³/mol. The molecule has 1 aromatic carbocycles. The van der Waals surface area contributed by atoms with Gasteiger partial charge in [-0.15, -0.1) is 11.3 Å². The standard InChI is InChI=1S/C18H13N3O3S/c1-10-14-16(22)20-13(21-17(14)25-15(10)18(23)24-2)8-7-11-3-5-12(9-19)6-4-11/h3-8H,1-2H3,(H,20,21,22)/b8-7+. The van der Waals surface area contributed by atoms with Crippen LogP contribution in [-0.4, -0.2) is 23.0 Å². The largest absolute Gasteiger partial charge is 0.465 e. The molecule has 0 unspecified atom stereocenters. The van der Waals surface area contributed by atoms with Gasteiger partial charge in [0.1, 0.15) is 15.5 Å². The highest BCUT2D eigenvalue weighted by molar-refractivity contribution is 7.20. The molecule has 2 heterocycles. The zero-order valence-electron chi connectivity index (χ0n) is 13.5. The van der Waals surface area contributed by atoms with E-state index >= 15 is 0 Å². The molecule has 25 heavy (non-hydrogen) atoms. The predicted octanol–water partition coefficient (Wildman–Crippen LogP) is 3.12. The minimum absolute atomic E-state index is 0.298. The Hall–Kier alpha value is -3.24. The molecule has 6 nitrogen and oxygen atoms in total. The highest BCUT2D eigenvalue weighted by Crippen LogP contribution is 2.27. The number of hydrogen-bond acceptors (Lipinski definition) is 6. The summed E-state index contributed by atoms with van der Waals surface area (Å²) in [5.74, 6) is -0.0888. The number of carbonyl (C=O) groups excluding carboxylic acids is 1. The number of H-pyrrole nitrogens is 1. The molecule has 0 fully saturated rings. The van der Waals surface area contributed by atoms with Gasteiger partial charge >= 0.3 is 5.97 Å². The van der Waals surface area contributed by atoms with E-state index in [-0.39, 0.29) is 5.56 Å². The number of carbonyl (C=O) groups is 1. The maximum absolute atomic E-state index is 12.3. The molecule has 124 valence electrons. The molecule has 0 atom stereocenters. The van der Waals surface area contributed by atoms with Crippen molar-refractivity contribution in [1.82, 2.24) is 9.97 Å². The molecule has 0 aliphatic rings. The number of ether oxygens (including phenoxy) is 1. The molecule has 3 rings (SSSR count). The maximum Gasteiger partial charge on any atom is 0.348 e. The van der Waals surface area contributed by atoms with E-state index in [1.54, 1.807) is 43.3 Å². The third-order valence-electron chi connectivity index (χ3n) is 3.66. The Kier molecular flexibility index (Phi) is 4.46. The number of thiophene rings is 1. The first-order valence-corrected chi connectivity index (χ1v) is 8.15. The fraction of sp³-hybridized carbons (Fsp3) is 0.111. The number of rotatable bonds is 3. The third-order valence-corrected chi connectivity index (χ3v) is 4.83. The van der Waals surface area contributed by atoms with Crippen molar-refractivity contribution in [2.45, 2.75) is 6.92 Å². The van der Waals surface area contributed by atoms with Crippen LogP contribution in [0.3, 0.4) is 0 Å². The molecule has 0 bridgehead atoms. The van der Waals surface area contributed by atoms with E-state index in [1.165, 1.54) is 7.11 Å². The van der Waals surface area contributed by atoms with E-state index in [2.05, 4.69) is 16.0 Å². The third kappa shape index (κ3) is 3.20. The van der Waals surface area contributed by atoms with Gasteiger partial charge in [0, 0.05) is 0 Å². The SMILES string of the molecule is COC(=O)c1sc2nc(/C=C/c3ccc(C#N)cc3)[nH]c(=O)c2c1C. The van der Waals surface area contributed by atoms with Gasteiger partial charge in [0.15, 0.2) is 0 Å². The lowest BCUT2D eigenvalue weighted by atomic mass is 10.1. The number of nitriles is 1. The summed E-state index contributed by atoms with van der Waals surface area (Å²) in [4.78, 5) is 32.1. The molecule has 0 aliphatic heterocycles. The van der Waals surface area contributed by atoms with Gasteiger partial charge in [-0.3, -0.25) is 4.79 Å². The van der Waals surface area contributed by atoms with E-state index in [0.29, 0.717) is 32.0 Å². The maximum atomic E-state index is 12.3. The molecule has 3 aromatic rings. The summed E-state index contributed by atoms with van der Waals surface area (Å²) in [6, 6.07) is 9.09. The van der Waals surface area contributed by atoms with Crippen LogP contribution in [0.15, 0.2) is 29.1 Å². The van der Waals surface area contributed by atoms with Gasteiger partial charge in [-0.05, 0) is 36.3 Å². The van der Waals surface area contributed by atoms with Gasteiger partial charge in [-0.25, -0.2) is 9.78 Å². The van der Waals surface area contributed by atoms with E-state index in [1.807, 2.05) is 0 Å². The average Bonchev–Trinajstić information content (AvgIpc) is 2.96. The Balaban J connectivity index is 2.00. The zero-order chi connectivity index (χ0) is 18.0. The molecule has 7 heteroatoms. The van der Waals surface area contributed by atoms with Gasteiger partial charge in [0.25, 0.3) is 5.56 Å². The van der Waals surface area contributed by atoms with Crippen molar-refractivity contribution in [1.29, 1.82) is 5.26 Å². The van der Waals surface area contributed by atoms with E-state index < -0.39 is 5.97 Å². The molecule has 1 N–H and O–H groups in total. The topological polar surface area (TPSA) is 95.8 Å². The smallest absolute Gasteiger partial charge is 0.348 e. The van der Waals surface area contributed by atoms with E-state index in [4.69, 9.17) is 10.00 Å². The zero-order valence-corrected chi connectivity index (χ0v) is 14.3. The number of aromatic nitrogens is 2. The Morgan fingerprint density at radius 2 is 2.04 bits per heavy atom. The lowest BCUT2D eigenvalue weighted by Gasteiger charge is -1.96. The first kappa shape index (κ1) is 16.6. The normalized spacial score (nSPS) is 10.9. The van der Waals surface area contributed by atoms with Crippen LogP contribution in [0.5, 0.6) is 0 Å². The van der Waals surface area contributed by atoms with Gasteiger partial charge < -0.3 is 9.72 Å². The van der Waals surface area contributed by atoms with Crippen LogP contribution in [0.25, 0.3) is 22.4 Å². The second kappa shape index (κ2) is 6.71. The van der Waals surface area contributed by atoms with E-state index in [9.17, 15) is 9.59 Å². The first-order chi connectivity index (χ1) is 12.0. The number of nitrogens with zero attached hydrogens (tertiary/aromatic N) is 2. The molecule has 0 saturated carbocycles. The molecule has 0 aliphatic carbocycles. The van der Waals surface area contributed by atoms with Crippen molar-refractivity contribution < 1.29 is 9.53 Å². The van der Waals surface area contributed by atoms with Crippen LogP contribution in [0.1, 0.15) is 32.2 Å². The summed E-state index contributed by atoms with van der Waals surface area (Å²) >= 11 is 1.14. The second-order valence-corrected chi connectivity index (χ2v) is 6.25. The molecular weight excluding hydrogens is 338 g/mol. The van der Waals surface area contributed by atoms with Crippen LogP contribution in [-0.2, 0) is 4.74 Å². The average molecular weight is 351 g/mol. The number of fused-ring (bicyclic) bond motifs is 1. The summed E-state index contributed by atoms with van der Waals surface area (Å²) in [6.07, 6.45) is 3.46. The summed E-state index contributed by atoms with van der Waals surface area (Å²) in [5, 5.41) is 9.20. The van der Waals surface area contributed by atoms with Crippen molar-refractivity contribution in [2.24, 2.45) is 0 Å². The Morgan fingerprint density at radius 1 is 1.32 bits per heavy atom. The monoisotopic (exact) mass is 351 g/mol. The summed E-state index contributed by atoms with van der Waals surface area (Å²) in [5.41, 5.74) is 1.73. The molecule has 2 aromatic heterocycles. The first-order valence-electron chi connectivity index (χ1n) is 7.33. The van der Waals surface area contributed by atoms with Crippen LogP contribution >= 0.6 is 11.3 Å². The Labute approximate surface area is 147 Å². The van der Waals surface area contributed by atoms with Crippen LogP contribution in [0, 0.1) is 18.3 Å². The van der Waals surface area contributed by atoms with Crippen LogP contribution in [0.2, 0.25) is 0 Å². The fourth-order valence-corrected chi connectivity index (χ4v) is 3.48. The lowest BCUT2D eigenvalue weighted by molar-refractivity contribution is 0.0605. The van der Waals surface area contributed by atoms with Gasteiger partial charge in [0.05, 0.1) is 24.1 Å². The van der Waals surface area contributed by atoms with E-state index in [0.717, 1.165) is 16.9 Å². The van der Waals surface area contributed by atoms with Crippen molar-refractivity contribution in [3.8, 4) is 6.07 Å². The number of esters is 1. The van der Waals surface area contributed by atoms with Gasteiger partial charge in [-0.2, -0.15) is 5.26 Å². The van der Waals surface area contributed by atoms with Gasteiger partial charge in [0.2, 0.25) is 0 Å². The molecule has 0 spiro atoms. The second-order valence-electron chi connectivity index (χ2n) is 5.25. The van der Waals surface area contributed by atoms with Crippen molar-refractivity contribution >= 4 is 39.7 Å². The lowest BCUT2D eigenvalue weighted by Crippen LogP contribution is -2.09. The molecule has 0 amide bonds.